The second-order valence-electron chi connectivity index (χ2n) is 7.81. The van der Waals surface area contributed by atoms with E-state index in [9.17, 15) is 9.90 Å². The van der Waals surface area contributed by atoms with Crippen LogP contribution in [0.25, 0.3) is 11.2 Å². The van der Waals surface area contributed by atoms with Crippen LogP contribution in [0.3, 0.4) is 0 Å². The molecule has 6 heteroatoms. The van der Waals surface area contributed by atoms with Gasteiger partial charge in [0.15, 0.2) is 11.2 Å². The lowest BCUT2D eigenvalue weighted by Gasteiger charge is -2.40. The molecule has 1 unspecified atom stereocenters. The van der Waals surface area contributed by atoms with Crippen molar-refractivity contribution < 1.29 is 9.90 Å². The number of piperidine rings is 1. The predicted octanol–water partition coefficient (Wildman–Crippen LogP) is 3.14. The second-order valence-corrected chi connectivity index (χ2v) is 7.81. The molecular formula is C22H26N4O2. The molecule has 1 fully saturated rings. The molecule has 3 heterocycles. The van der Waals surface area contributed by atoms with Crippen LogP contribution in [-0.4, -0.2) is 43.5 Å². The zero-order chi connectivity index (χ0) is 19.7. The summed E-state index contributed by atoms with van der Waals surface area (Å²) in [6.07, 6.45) is 5.25. The topological polar surface area (TPSA) is 71.2 Å². The fraction of sp³-hybridized carbons (Fsp3) is 0.409. The zero-order valence-corrected chi connectivity index (χ0v) is 16.3. The molecule has 1 atom stereocenters. The van der Waals surface area contributed by atoms with Crippen LogP contribution in [0.5, 0.6) is 0 Å². The summed E-state index contributed by atoms with van der Waals surface area (Å²) in [4.78, 5) is 24.0. The van der Waals surface area contributed by atoms with E-state index in [1.54, 1.807) is 11.1 Å². The van der Waals surface area contributed by atoms with Crippen LogP contribution in [0.1, 0.15) is 38.3 Å². The Bertz CT molecular complexity index is 961. The molecule has 0 spiro atoms. The molecule has 28 heavy (non-hydrogen) atoms. The summed E-state index contributed by atoms with van der Waals surface area (Å²) in [6, 6.07) is 13.4. The lowest BCUT2D eigenvalue weighted by Crippen LogP contribution is -2.52. The Labute approximate surface area is 164 Å². The molecule has 1 aromatic carbocycles. The van der Waals surface area contributed by atoms with E-state index in [1.165, 1.54) is 0 Å². The first-order valence-corrected chi connectivity index (χ1v) is 9.86. The van der Waals surface area contributed by atoms with E-state index in [-0.39, 0.29) is 17.9 Å². The summed E-state index contributed by atoms with van der Waals surface area (Å²) in [5, 5.41) is 11.4. The van der Waals surface area contributed by atoms with Gasteiger partial charge in [0.1, 0.15) is 5.52 Å². The minimum absolute atomic E-state index is 0.208. The van der Waals surface area contributed by atoms with Crippen molar-refractivity contribution in [1.29, 1.82) is 0 Å². The van der Waals surface area contributed by atoms with Gasteiger partial charge in [-0.25, -0.2) is 9.97 Å². The number of hydrogen-bond donors (Lipinski definition) is 1. The number of likely N-dealkylation sites (tertiary alicyclic amines) is 1. The average molecular weight is 378 g/mol. The van der Waals surface area contributed by atoms with E-state index >= 15 is 0 Å². The van der Waals surface area contributed by atoms with E-state index in [0.717, 1.165) is 24.0 Å². The molecular weight excluding hydrogens is 352 g/mol. The number of imidazole rings is 1. The molecule has 6 nitrogen and oxygen atoms in total. The molecule has 1 amide bonds. The van der Waals surface area contributed by atoms with Crippen molar-refractivity contribution in [1.82, 2.24) is 19.4 Å². The molecule has 1 N–H and O–H groups in total. The van der Waals surface area contributed by atoms with Crippen LogP contribution in [0.15, 0.2) is 55.0 Å². The maximum Gasteiger partial charge on any atom is 0.259 e. The monoisotopic (exact) mass is 378 g/mol. The van der Waals surface area contributed by atoms with Crippen molar-refractivity contribution in [3.8, 4) is 0 Å². The number of fused-ring (bicyclic) bond motifs is 1. The lowest BCUT2D eigenvalue weighted by molar-refractivity contribution is -0.159. The van der Waals surface area contributed by atoms with E-state index in [2.05, 4.69) is 14.5 Å². The van der Waals surface area contributed by atoms with Crippen LogP contribution in [0.2, 0.25) is 0 Å². The van der Waals surface area contributed by atoms with Gasteiger partial charge in [0.05, 0.1) is 6.33 Å². The van der Waals surface area contributed by atoms with Gasteiger partial charge in [0.25, 0.3) is 5.91 Å². The third-order valence-corrected chi connectivity index (χ3v) is 5.85. The van der Waals surface area contributed by atoms with Crippen LogP contribution < -0.4 is 0 Å². The van der Waals surface area contributed by atoms with E-state index < -0.39 is 5.60 Å². The van der Waals surface area contributed by atoms with Crippen LogP contribution in [0, 0.1) is 5.92 Å². The quantitative estimate of drug-likeness (QED) is 0.757. The predicted molar refractivity (Wildman–Crippen MR) is 108 cm³/mol. The van der Waals surface area contributed by atoms with Gasteiger partial charge in [-0.3, -0.25) is 4.79 Å². The Morgan fingerprint density at radius 1 is 1.11 bits per heavy atom. The van der Waals surface area contributed by atoms with Crippen molar-refractivity contribution in [2.45, 2.75) is 38.3 Å². The first-order valence-electron chi connectivity index (χ1n) is 9.86. The fourth-order valence-electron chi connectivity index (χ4n) is 4.12. The number of rotatable bonds is 4. The zero-order valence-electron chi connectivity index (χ0n) is 16.3. The van der Waals surface area contributed by atoms with E-state index in [0.29, 0.717) is 18.7 Å². The van der Waals surface area contributed by atoms with Crippen LogP contribution in [-0.2, 0) is 10.4 Å². The molecule has 0 saturated carbocycles. The lowest BCUT2D eigenvalue weighted by atomic mass is 9.81. The summed E-state index contributed by atoms with van der Waals surface area (Å²) in [7, 11) is 0. The molecule has 1 aliphatic heterocycles. The molecule has 4 rings (SSSR count). The number of carbonyl (C=O) groups excluding carboxylic acids is 1. The minimum atomic E-state index is -1.50. The summed E-state index contributed by atoms with van der Waals surface area (Å²) in [5.41, 5.74) is 0.925. The number of pyridine rings is 1. The summed E-state index contributed by atoms with van der Waals surface area (Å²) in [6.45, 7) is 5.00. The second kappa shape index (κ2) is 7.36. The molecule has 0 aliphatic carbocycles. The van der Waals surface area contributed by atoms with Gasteiger partial charge in [-0.15, -0.1) is 0 Å². The van der Waals surface area contributed by atoms with Crippen molar-refractivity contribution in [3.05, 3.63) is 60.6 Å². The third-order valence-electron chi connectivity index (χ3n) is 5.85. The number of benzene rings is 1. The van der Waals surface area contributed by atoms with E-state index in [1.807, 2.05) is 62.6 Å². The Morgan fingerprint density at radius 2 is 1.82 bits per heavy atom. The molecule has 3 aromatic rings. The first-order chi connectivity index (χ1) is 13.5. The Morgan fingerprint density at radius 3 is 2.50 bits per heavy atom. The maximum atomic E-state index is 13.3. The normalized spacial score (nSPS) is 17.8. The number of nitrogens with zero attached hydrogens (tertiary/aromatic N) is 4. The molecule has 1 saturated heterocycles. The van der Waals surface area contributed by atoms with Gasteiger partial charge in [0, 0.05) is 25.3 Å². The number of hydrogen-bond acceptors (Lipinski definition) is 4. The van der Waals surface area contributed by atoms with Gasteiger partial charge in [-0.05, 0) is 36.5 Å². The highest BCUT2D eigenvalue weighted by Gasteiger charge is 2.44. The van der Waals surface area contributed by atoms with E-state index in [4.69, 9.17) is 0 Å². The Kier molecular flexibility index (Phi) is 4.89. The van der Waals surface area contributed by atoms with Gasteiger partial charge in [0.2, 0.25) is 0 Å². The molecule has 146 valence electrons. The fourth-order valence-corrected chi connectivity index (χ4v) is 4.12. The SMILES string of the molecule is CC(C)C(O)(C(=O)N1CCC(n2cnc3cccnc32)CC1)c1ccccc1. The van der Waals surface area contributed by atoms with Gasteiger partial charge >= 0.3 is 0 Å². The Hall–Kier alpha value is -2.73. The van der Waals surface area contributed by atoms with Gasteiger partial charge in [-0.1, -0.05) is 44.2 Å². The third kappa shape index (κ3) is 3.07. The highest BCUT2D eigenvalue weighted by molar-refractivity contribution is 5.86. The highest BCUT2D eigenvalue weighted by atomic mass is 16.3. The molecule has 2 aromatic heterocycles. The van der Waals surface area contributed by atoms with Crippen LogP contribution >= 0.6 is 0 Å². The van der Waals surface area contributed by atoms with Crippen molar-refractivity contribution in [2.75, 3.05) is 13.1 Å². The average Bonchev–Trinajstić information content (AvgIpc) is 3.17. The van der Waals surface area contributed by atoms with Crippen molar-refractivity contribution >= 4 is 17.1 Å². The maximum absolute atomic E-state index is 13.3. The largest absolute Gasteiger partial charge is 0.375 e. The molecule has 1 aliphatic rings. The molecule has 0 radical (unpaired) electrons. The van der Waals surface area contributed by atoms with Gasteiger partial charge < -0.3 is 14.6 Å². The van der Waals surface area contributed by atoms with Crippen molar-refractivity contribution in [2.24, 2.45) is 5.92 Å². The summed E-state index contributed by atoms with van der Waals surface area (Å²) >= 11 is 0. The summed E-state index contributed by atoms with van der Waals surface area (Å²) in [5.74, 6) is -0.428. The number of aliphatic hydroxyl groups is 1. The smallest absolute Gasteiger partial charge is 0.259 e. The first kappa shape index (κ1) is 18.6. The highest BCUT2D eigenvalue weighted by Crippen LogP contribution is 2.34. The van der Waals surface area contributed by atoms with Crippen molar-refractivity contribution in [3.63, 3.8) is 0 Å². The van der Waals surface area contributed by atoms with Gasteiger partial charge in [-0.2, -0.15) is 0 Å². The Balaban J connectivity index is 1.52. The summed E-state index contributed by atoms with van der Waals surface area (Å²) < 4.78 is 2.11. The standard InChI is InChI=1S/C22H26N4O2/c1-16(2)22(28,17-7-4-3-5-8-17)21(27)25-13-10-18(11-14-25)26-15-24-19-9-6-12-23-20(19)26/h3-9,12,15-16,18,28H,10-11,13-14H2,1-2H3. The number of carbonyl (C=O) groups is 1. The molecule has 0 bridgehead atoms. The number of aromatic nitrogens is 3. The number of amides is 1. The minimum Gasteiger partial charge on any atom is -0.375 e. The van der Waals surface area contributed by atoms with Crippen LogP contribution in [0.4, 0.5) is 0 Å².